The summed E-state index contributed by atoms with van der Waals surface area (Å²) >= 11 is 0. The molecule has 3 aliphatic rings. The molecule has 3 aliphatic heterocycles. The lowest BCUT2D eigenvalue weighted by molar-refractivity contribution is 0.215. The highest BCUT2D eigenvalue weighted by atomic mass is 19.1. The first-order chi connectivity index (χ1) is 16.0. The topological polar surface area (TPSA) is 93.4 Å². The molecule has 0 unspecified atom stereocenters. The Balaban J connectivity index is 1.56. The SMILES string of the molecule is CN=c1ncc2cc(-c3cc(NC(=O)Oc4ccccc4)c(F)cc3C)c3n(c-2n1)CCN3. The third-order valence-electron chi connectivity index (χ3n) is 5.49. The highest BCUT2D eigenvalue weighted by molar-refractivity contribution is 5.90. The quantitative estimate of drug-likeness (QED) is 0.497. The van der Waals surface area contributed by atoms with Gasteiger partial charge in [-0.05, 0) is 48.4 Å². The van der Waals surface area contributed by atoms with Crippen molar-refractivity contribution in [1.29, 1.82) is 0 Å². The molecule has 2 N–H and O–H groups in total. The molecule has 0 radical (unpaired) electrons. The zero-order valence-corrected chi connectivity index (χ0v) is 18.1. The molecule has 2 aromatic rings. The van der Waals surface area contributed by atoms with E-state index in [1.54, 1.807) is 43.6 Å². The van der Waals surface area contributed by atoms with Crippen LogP contribution >= 0.6 is 0 Å². The predicted molar refractivity (Wildman–Crippen MR) is 123 cm³/mol. The largest absolute Gasteiger partial charge is 0.417 e. The van der Waals surface area contributed by atoms with E-state index in [4.69, 9.17) is 4.74 Å². The normalized spacial score (nSPS) is 13.0. The lowest BCUT2D eigenvalue weighted by Crippen LogP contribution is -2.18. The Morgan fingerprint density at radius 1 is 1.21 bits per heavy atom. The highest BCUT2D eigenvalue weighted by Crippen LogP contribution is 2.39. The number of benzene rings is 2. The molecule has 3 heterocycles. The number of nitrogens with one attached hydrogen (secondary N) is 2. The van der Waals surface area contributed by atoms with Gasteiger partial charge in [-0.1, -0.05) is 18.2 Å². The van der Waals surface area contributed by atoms with E-state index in [2.05, 4.69) is 30.2 Å². The van der Waals surface area contributed by atoms with E-state index in [0.29, 0.717) is 11.4 Å². The van der Waals surface area contributed by atoms with Crippen LogP contribution in [0.2, 0.25) is 0 Å². The van der Waals surface area contributed by atoms with Crippen LogP contribution in [0.15, 0.2) is 59.7 Å². The number of hydrogen-bond donors (Lipinski definition) is 2. The summed E-state index contributed by atoms with van der Waals surface area (Å²) in [5, 5.41) is 5.91. The third-order valence-corrected chi connectivity index (χ3v) is 5.49. The van der Waals surface area contributed by atoms with Crippen LogP contribution in [0, 0.1) is 12.7 Å². The number of para-hydroxylation sites is 1. The molecule has 1 amide bonds. The maximum absolute atomic E-state index is 14.7. The Labute approximate surface area is 189 Å². The second-order valence-electron chi connectivity index (χ2n) is 7.63. The van der Waals surface area contributed by atoms with Crippen molar-refractivity contribution in [2.45, 2.75) is 13.5 Å². The molecule has 0 saturated heterocycles. The van der Waals surface area contributed by atoms with Crippen LogP contribution in [0.3, 0.4) is 0 Å². The van der Waals surface area contributed by atoms with E-state index in [-0.39, 0.29) is 5.69 Å². The number of fused-ring (bicyclic) bond motifs is 3. The molecule has 33 heavy (non-hydrogen) atoms. The van der Waals surface area contributed by atoms with Crippen molar-refractivity contribution in [1.82, 2.24) is 14.5 Å². The van der Waals surface area contributed by atoms with Gasteiger partial charge in [0.1, 0.15) is 23.2 Å². The monoisotopic (exact) mass is 444 g/mol. The molecule has 0 fully saturated rings. The smallest absolute Gasteiger partial charge is 0.410 e. The summed E-state index contributed by atoms with van der Waals surface area (Å²) in [5.74, 6) is 1.47. The number of ether oxygens (including phenoxy) is 1. The first-order valence-corrected chi connectivity index (χ1v) is 10.4. The maximum Gasteiger partial charge on any atom is 0.417 e. The average Bonchev–Trinajstić information content (AvgIpc) is 3.31. The van der Waals surface area contributed by atoms with Gasteiger partial charge in [-0.3, -0.25) is 10.3 Å². The minimum atomic E-state index is -0.768. The summed E-state index contributed by atoms with van der Waals surface area (Å²) < 4.78 is 22.0. The zero-order chi connectivity index (χ0) is 22.9. The molecule has 5 rings (SSSR count). The molecule has 0 saturated carbocycles. The molecule has 0 aliphatic carbocycles. The van der Waals surface area contributed by atoms with Gasteiger partial charge in [-0.15, -0.1) is 0 Å². The lowest BCUT2D eigenvalue weighted by atomic mass is 9.98. The number of carbonyl (C=O) groups is 1. The minimum absolute atomic E-state index is 0.0322. The number of hydrogen-bond acceptors (Lipinski definition) is 6. The van der Waals surface area contributed by atoms with Crippen molar-refractivity contribution in [2.24, 2.45) is 4.99 Å². The van der Waals surface area contributed by atoms with Gasteiger partial charge < -0.3 is 14.6 Å². The van der Waals surface area contributed by atoms with E-state index < -0.39 is 11.9 Å². The molecule has 166 valence electrons. The van der Waals surface area contributed by atoms with E-state index in [9.17, 15) is 9.18 Å². The van der Waals surface area contributed by atoms with Crippen molar-refractivity contribution in [3.05, 3.63) is 71.7 Å². The fraction of sp³-hybridized carbons (Fsp3) is 0.167. The van der Waals surface area contributed by atoms with Crippen LogP contribution in [0.25, 0.3) is 22.5 Å². The Morgan fingerprint density at radius 2 is 2.03 bits per heavy atom. The standard InChI is InChI=1S/C24H21FN6O2/c1-14-10-19(25)20(29-24(32)33-16-6-4-3-5-7-16)12-17(14)18-11-15-13-28-23(26-2)30-21(15)31-9-8-27-22(18)31/h3-7,10-13,27H,8-9H2,1-2H3,(H,29,32). The Bertz CT molecular complexity index is 1400. The van der Waals surface area contributed by atoms with E-state index in [1.807, 2.05) is 19.1 Å². The molecular weight excluding hydrogens is 423 g/mol. The van der Waals surface area contributed by atoms with Crippen molar-refractivity contribution in [3.63, 3.8) is 0 Å². The number of amides is 1. The number of carbonyl (C=O) groups excluding carboxylic acids is 1. The summed E-state index contributed by atoms with van der Waals surface area (Å²) in [6, 6.07) is 13.6. The van der Waals surface area contributed by atoms with Crippen LogP contribution in [-0.2, 0) is 6.54 Å². The van der Waals surface area contributed by atoms with E-state index >= 15 is 0 Å². The number of aromatic nitrogens is 3. The van der Waals surface area contributed by atoms with Crippen molar-refractivity contribution in [3.8, 4) is 28.3 Å². The number of aryl methyl sites for hydroxylation is 1. The number of anilines is 2. The van der Waals surface area contributed by atoms with Gasteiger partial charge in [0, 0.05) is 37.5 Å². The molecule has 0 aromatic heterocycles. The fourth-order valence-corrected chi connectivity index (χ4v) is 3.96. The Hall–Kier alpha value is -4.27. The first kappa shape index (κ1) is 20.6. The number of nitrogens with zero attached hydrogens (tertiary/aromatic N) is 4. The van der Waals surface area contributed by atoms with Crippen LogP contribution in [0.1, 0.15) is 5.56 Å². The molecular formula is C24H21FN6O2. The molecule has 9 heteroatoms. The van der Waals surface area contributed by atoms with E-state index in [1.165, 1.54) is 6.07 Å². The summed E-state index contributed by atoms with van der Waals surface area (Å²) in [6.07, 6.45) is 0.963. The van der Waals surface area contributed by atoms with Gasteiger partial charge in [0.2, 0.25) is 5.62 Å². The van der Waals surface area contributed by atoms with Crippen LogP contribution in [0.5, 0.6) is 5.75 Å². The van der Waals surface area contributed by atoms with Gasteiger partial charge in [-0.2, -0.15) is 4.98 Å². The third kappa shape index (κ3) is 3.89. The highest BCUT2D eigenvalue weighted by Gasteiger charge is 2.24. The molecule has 0 bridgehead atoms. The van der Waals surface area contributed by atoms with Gasteiger partial charge in [0.05, 0.1) is 5.69 Å². The van der Waals surface area contributed by atoms with Crippen LogP contribution in [0.4, 0.5) is 20.7 Å². The van der Waals surface area contributed by atoms with Gasteiger partial charge in [-0.25, -0.2) is 14.2 Å². The second kappa shape index (κ2) is 8.34. The van der Waals surface area contributed by atoms with Gasteiger partial charge >= 0.3 is 6.09 Å². The summed E-state index contributed by atoms with van der Waals surface area (Å²) in [4.78, 5) is 25.2. The van der Waals surface area contributed by atoms with Crippen LogP contribution in [-0.4, -0.2) is 34.2 Å². The Morgan fingerprint density at radius 3 is 2.82 bits per heavy atom. The first-order valence-electron chi connectivity index (χ1n) is 10.4. The number of halogens is 1. The van der Waals surface area contributed by atoms with Crippen LogP contribution < -0.4 is 21.0 Å². The Kier molecular flexibility index (Phi) is 5.21. The molecule has 0 spiro atoms. The van der Waals surface area contributed by atoms with Gasteiger partial charge in [0.25, 0.3) is 0 Å². The zero-order valence-electron chi connectivity index (χ0n) is 18.1. The summed E-state index contributed by atoms with van der Waals surface area (Å²) in [6.45, 7) is 3.30. The summed E-state index contributed by atoms with van der Waals surface area (Å²) in [7, 11) is 1.65. The molecule has 0 atom stereocenters. The summed E-state index contributed by atoms with van der Waals surface area (Å²) in [5.41, 5.74) is 3.65. The van der Waals surface area contributed by atoms with Crippen molar-refractivity contribution < 1.29 is 13.9 Å². The van der Waals surface area contributed by atoms with Gasteiger partial charge in [0.15, 0.2) is 0 Å². The van der Waals surface area contributed by atoms with E-state index in [0.717, 1.165) is 47.0 Å². The maximum atomic E-state index is 14.7. The van der Waals surface area contributed by atoms with Crippen molar-refractivity contribution >= 4 is 17.6 Å². The molecule has 2 aromatic carbocycles. The minimum Gasteiger partial charge on any atom is -0.410 e. The number of rotatable bonds is 3. The predicted octanol–water partition coefficient (Wildman–Crippen LogP) is 4.06. The average molecular weight is 444 g/mol. The molecule has 8 nitrogen and oxygen atoms in total. The fourth-order valence-electron chi connectivity index (χ4n) is 3.96. The second-order valence-corrected chi connectivity index (χ2v) is 7.63. The lowest BCUT2D eigenvalue weighted by Gasteiger charge is -2.19. The number of pyridine rings is 1. The van der Waals surface area contributed by atoms with Crippen molar-refractivity contribution in [2.75, 3.05) is 24.2 Å².